The van der Waals surface area contributed by atoms with E-state index in [0.717, 1.165) is 24.3 Å². The molecule has 2 rings (SSSR count). The van der Waals surface area contributed by atoms with Gasteiger partial charge in [-0.2, -0.15) is 5.26 Å². The SMILES string of the molecule is CC1CN(CC(=O)Nc2ccc(CC#N)cc2)C(C)CN1. The highest BCUT2D eigenvalue weighted by Crippen LogP contribution is 2.11. The molecule has 1 aromatic carbocycles. The van der Waals surface area contributed by atoms with Crippen molar-refractivity contribution in [2.45, 2.75) is 32.4 Å². The highest BCUT2D eigenvalue weighted by Gasteiger charge is 2.23. The van der Waals surface area contributed by atoms with Gasteiger partial charge in [0.2, 0.25) is 5.91 Å². The lowest BCUT2D eigenvalue weighted by Gasteiger charge is -2.36. The summed E-state index contributed by atoms with van der Waals surface area (Å²) in [4.78, 5) is 14.3. The number of carbonyl (C=O) groups is 1. The topological polar surface area (TPSA) is 68.2 Å². The van der Waals surface area contributed by atoms with E-state index in [-0.39, 0.29) is 5.91 Å². The van der Waals surface area contributed by atoms with Gasteiger partial charge in [-0.3, -0.25) is 9.69 Å². The molecule has 0 aliphatic carbocycles. The van der Waals surface area contributed by atoms with E-state index >= 15 is 0 Å². The van der Waals surface area contributed by atoms with Crippen LogP contribution < -0.4 is 10.6 Å². The molecule has 0 radical (unpaired) electrons. The van der Waals surface area contributed by atoms with Gasteiger partial charge in [-0.05, 0) is 31.5 Å². The lowest BCUT2D eigenvalue weighted by molar-refractivity contribution is -0.118. The average molecular weight is 286 g/mol. The molecule has 1 heterocycles. The van der Waals surface area contributed by atoms with E-state index in [2.05, 4.69) is 35.5 Å². The summed E-state index contributed by atoms with van der Waals surface area (Å²) in [5.74, 6) is 0.00369. The van der Waals surface area contributed by atoms with E-state index in [1.807, 2.05) is 24.3 Å². The molecule has 1 aliphatic heterocycles. The quantitative estimate of drug-likeness (QED) is 0.877. The van der Waals surface area contributed by atoms with Crippen LogP contribution in [0, 0.1) is 11.3 Å². The van der Waals surface area contributed by atoms with Crippen LogP contribution in [0.25, 0.3) is 0 Å². The normalized spacial score (nSPS) is 22.5. The van der Waals surface area contributed by atoms with Gasteiger partial charge >= 0.3 is 0 Å². The van der Waals surface area contributed by atoms with Crippen LogP contribution in [-0.2, 0) is 11.2 Å². The minimum atomic E-state index is 0.00369. The summed E-state index contributed by atoms with van der Waals surface area (Å²) >= 11 is 0. The van der Waals surface area contributed by atoms with E-state index in [1.165, 1.54) is 0 Å². The second-order valence-corrected chi connectivity index (χ2v) is 5.67. The smallest absolute Gasteiger partial charge is 0.238 e. The van der Waals surface area contributed by atoms with Gasteiger partial charge in [0.1, 0.15) is 0 Å². The van der Waals surface area contributed by atoms with E-state index in [9.17, 15) is 4.79 Å². The van der Waals surface area contributed by atoms with Crippen molar-refractivity contribution in [1.29, 1.82) is 5.26 Å². The summed E-state index contributed by atoms with van der Waals surface area (Å²) in [6, 6.07) is 10.3. The van der Waals surface area contributed by atoms with E-state index in [1.54, 1.807) is 0 Å². The summed E-state index contributed by atoms with van der Waals surface area (Å²) in [6.45, 7) is 6.47. The molecule has 1 aromatic rings. The maximum absolute atomic E-state index is 12.1. The van der Waals surface area contributed by atoms with Crippen molar-refractivity contribution >= 4 is 11.6 Å². The Morgan fingerprint density at radius 1 is 1.43 bits per heavy atom. The van der Waals surface area contributed by atoms with Crippen LogP contribution in [0.4, 0.5) is 5.69 Å². The molecular formula is C16H22N4O. The number of hydrogen-bond acceptors (Lipinski definition) is 4. The fraction of sp³-hybridized carbons (Fsp3) is 0.500. The molecule has 5 heteroatoms. The van der Waals surface area contributed by atoms with E-state index < -0.39 is 0 Å². The molecule has 1 amide bonds. The van der Waals surface area contributed by atoms with Crippen LogP contribution in [-0.4, -0.2) is 42.5 Å². The number of carbonyl (C=O) groups excluding carboxylic acids is 1. The predicted octanol–water partition coefficient (Wildman–Crippen LogP) is 1.37. The molecule has 0 bridgehead atoms. The average Bonchev–Trinajstić information content (AvgIpc) is 2.45. The van der Waals surface area contributed by atoms with Gasteiger partial charge in [-0.1, -0.05) is 12.1 Å². The Bertz CT molecular complexity index is 520. The lowest BCUT2D eigenvalue weighted by atomic mass is 10.1. The Kier molecular flexibility index (Phi) is 5.32. The number of nitriles is 1. The van der Waals surface area contributed by atoms with Crippen molar-refractivity contribution in [3.05, 3.63) is 29.8 Å². The first kappa shape index (κ1) is 15.5. The summed E-state index contributed by atoms with van der Waals surface area (Å²) in [6.07, 6.45) is 0.393. The monoisotopic (exact) mass is 286 g/mol. The van der Waals surface area contributed by atoms with Gasteiger partial charge in [-0.15, -0.1) is 0 Å². The minimum Gasteiger partial charge on any atom is -0.325 e. The summed E-state index contributed by atoms with van der Waals surface area (Å²) in [7, 11) is 0. The van der Waals surface area contributed by atoms with Crippen LogP contribution in [0.1, 0.15) is 19.4 Å². The van der Waals surface area contributed by atoms with Crippen molar-refractivity contribution in [1.82, 2.24) is 10.2 Å². The first-order chi connectivity index (χ1) is 10.1. The second-order valence-electron chi connectivity index (χ2n) is 5.67. The molecule has 1 aliphatic rings. The maximum Gasteiger partial charge on any atom is 0.238 e. The zero-order chi connectivity index (χ0) is 15.2. The molecule has 0 saturated carbocycles. The van der Waals surface area contributed by atoms with Crippen molar-refractivity contribution in [3.63, 3.8) is 0 Å². The Morgan fingerprint density at radius 2 is 2.14 bits per heavy atom. The Morgan fingerprint density at radius 3 is 2.81 bits per heavy atom. The third-order valence-corrected chi connectivity index (χ3v) is 3.76. The van der Waals surface area contributed by atoms with Crippen LogP contribution in [0.15, 0.2) is 24.3 Å². The van der Waals surface area contributed by atoms with Crippen LogP contribution in [0.3, 0.4) is 0 Å². The van der Waals surface area contributed by atoms with Gasteiger partial charge in [0.05, 0.1) is 19.0 Å². The minimum absolute atomic E-state index is 0.00369. The van der Waals surface area contributed by atoms with Crippen molar-refractivity contribution in [2.24, 2.45) is 0 Å². The molecule has 1 saturated heterocycles. The van der Waals surface area contributed by atoms with E-state index in [4.69, 9.17) is 5.26 Å². The van der Waals surface area contributed by atoms with Gasteiger partial charge in [0.25, 0.3) is 0 Å². The van der Waals surface area contributed by atoms with Crippen LogP contribution in [0.2, 0.25) is 0 Å². The third-order valence-electron chi connectivity index (χ3n) is 3.76. The van der Waals surface area contributed by atoms with Crippen LogP contribution in [0.5, 0.6) is 0 Å². The number of rotatable bonds is 4. The second kappa shape index (κ2) is 7.21. The zero-order valence-corrected chi connectivity index (χ0v) is 12.6. The molecule has 1 fully saturated rings. The Balaban J connectivity index is 1.87. The molecule has 0 spiro atoms. The summed E-state index contributed by atoms with van der Waals surface area (Å²) < 4.78 is 0. The fourth-order valence-electron chi connectivity index (χ4n) is 2.50. The summed E-state index contributed by atoms with van der Waals surface area (Å²) in [5.41, 5.74) is 1.73. The molecule has 2 atom stereocenters. The van der Waals surface area contributed by atoms with Gasteiger partial charge in [-0.25, -0.2) is 0 Å². The van der Waals surface area contributed by atoms with Gasteiger partial charge in [0, 0.05) is 30.9 Å². The zero-order valence-electron chi connectivity index (χ0n) is 12.6. The van der Waals surface area contributed by atoms with E-state index in [0.29, 0.717) is 25.0 Å². The van der Waals surface area contributed by atoms with Crippen molar-refractivity contribution < 1.29 is 4.79 Å². The number of amides is 1. The highest BCUT2D eigenvalue weighted by atomic mass is 16.2. The fourth-order valence-corrected chi connectivity index (χ4v) is 2.50. The Hall–Kier alpha value is -1.90. The number of benzene rings is 1. The third kappa shape index (κ3) is 4.55. The van der Waals surface area contributed by atoms with Crippen molar-refractivity contribution in [2.75, 3.05) is 25.0 Å². The van der Waals surface area contributed by atoms with Crippen molar-refractivity contribution in [3.8, 4) is 6.07 Å². The Labute approximate surface area is 125 Å². The summed E-state index contributed by atoms with van der Waals surface area (Å²) in [5, 5.41) is 14.9. The molecule has 0 aromatic heterocycles. The molecule has 5 nitrogen and oxygen atoms in total. The largest absolute Gasteiger partial charge is 0.325 e. The molecule has 2 N–H and O–H groups in total. The molecule has 21 heavy (non-hydrogen) atoms. The standard InChI is InChI=1S/C16H22N4O/c1-12-10-20(13(2)9-18-12)11-16(21)19-15-5-3-14(4-6-15)7-8-17/h3-6,12-13,18H,7,9-11H2,1-2H3,(H,19,21). The molecule has 2 unspecified atom stereocenters. The van der Waals surface area contributed by atoms with Gasteiger partial charge < -0.3 is 10.6 Å². The molecule has 112 valence electrons. The lowest BCUT2D eigenvalue weighted by Crippen LogP contribution is -2.55. The predicted molar refractivity (Wildman–Crippen MR) is 82.9 cm³/mol. The first-order valence-corrected chi connectivity index (χ1v) is 7.31. The number of hydrogen-bond donors (Lipinski definition) is 2. The number of nitrogens with zero attached hydrogens (tertiary/aromatic N) is 2. The number of nitrogens with one attached hydrogen (secondary N) is 2. The van der Waals surface area contributed by atoms with Crippen LogP contribution >= 0.6 is 0 Å². The maximum atomic E-state index is 12.1. The molecular weight excluding hydrogens is 264 g/mol. The number of piperazine rings is 1. The highest BCUT2D eigenvalue weighted by molar-refractivity contribution is 5.92. The van der Waals surface area contributed by atoms with Gasteiger partial charge in [0.15, 0.2) is 0 Å². The number of anilines is 1. The first-order valence-electron chi connectivity index (χ1n) is 7.31.